The lowest BCUT2D eigenvalue weighted by Gasteiger charge is -2.35. The minimum Gasteiger partial charge on any atom is -0.487 e. The lowest BCUT2D eigenvalue weighted by Crippen LogP contribution is -2.57. The number of sulfonamides is 1. The second kappa shape index (κ2) is 15.3. The van der Waals surface area contributed by atoms with Gasteiger partial charge in [-0.15, -0.1) is 4.83 Å². The molecule has 1 saturated heterocycles. The summed E-state index contributed by atoms with van der Waals surface area (Å²) in [4.78, 5) is 47.3. The molecule has 2 amide bonds. The number of hydrazine groups is 1. The summed E-state index contributed by atoms with van der Waals surface area (Å²) in [5.74, 6) is -1.33. The first-order chi connectivity index (χ1) is 25.9. The Hall–Kier alpha value is -4.99. The Labute approximate surface area is 321 Å². The number of rotatable bonds is 13. The number of alkyl carbamates (subject to hydrolysis) is 1. The van der Waals surface area contributed by atoms with Crippen LogP contribution in [-0.2, 0) is 35.5 Å². The molecule has 0 unspecified atom stereocenters. The van der Waals surface area contributed by atoms with Gasteiger partial charge < -0.3 is 24.6 Å². The van der Waals surface area contributed by atoms with Gasteiger partial charge in [0.1, 0.15) is 29.7 Å². The first-order valence-electron chi connectivity index (χ1n) is 18.3. The van der Waals surface area contributed by atoms with Crippen molar-refractivity contribution in [2.75, 3.05) is 19.8 Å². The van der Waals surface area contributed by atoms with Crippen molar-refractivity contribution in [2.24, 2.45) is 4.99 Å². The Balaban J connectivity index is 1.09. The second-order valence-electron chi connectivity index (χ2n) is 15.3. The van der Waals surface area contributed by atoms with Crippen molar-refractivity contribution in [1.29, 1.82) is 0 Å². The fourth-order valence-corrected chi connectivity index (χ4v) is 9.30. The molecule has 2 heterocycles. The van der Waals surface area contributed by atoms with E-state index in [4.69, 9.17) is 14.2 Å². The second-order valence-corrected chi connectivity index (χ2v) is 16.9. The third kappa shape index (κ3) is 7.91. The van der Waals surface area contributed by atoms with E-state index < -0.39 is 51.4 Å². The van der Waals surface area contributed by atoms with Crippen LogP contribution >= 0.6 is 0 Å². The van der Waals surface area contributed by atoms with Crippen LogP contribution in [0.3, 0.4) is 0 Å². The summed E-state index contributed by atoms with van der Waals surface area (Å²) in [6, 6.07) is 13.4. The Morgan fingerprint density at radius 1 is 1.00 bits per heavy atom. The van der Waals surface area contributed by atoms with E-state index in [9.17, 15) is 27.9 Å². The molecule has 3 aromatic carbocycles. The predicted octanol–water partition coefficient (Wildman–Crippen LogP) is 4.87. The maximum Gasteiger partial charge on any atom is 0.407 e. The predicted molar refractivity (Wildman–Crippen MR) is 205 cm³/mol. The number of amides is 2. The Bertz CT molecular complexity index is 2100. The van der Waals surface area contributed by atoms with Gasteiger partial charge in [-0.2, -0.15) is 0 Å². The number of carbonyl (C=O) groups is 3. The van der Waals surface area contributed by atoms with E-state index in [1.54, 1.807) is 27.7 Å². The highest BCUT2D eigenvalue weighted by atomic mass is 32.2. The summed E-state index contributed by atoms with van der Waals surface area (Å²) in [6.07, 6.45) is 1.33. The van der Waals surface area contributed by atoms with Crippen LogP contribution in [0.5, 0.6) is 5.75 Å². The number of aliphatic imine (C=N–C) groups is 1. The highest BCUT2D eigenvalue weighted by Gasteiger charge is 2.49. The average molecular weight is 776 g/mol. The van der Waals surface area contributed by atoms with Gasteiger partial charge >= 0.3 is 12.1 Å². The van der Waals surface area contributed by atoms with Crippen LogP contribution in [0.4, 0.5) is 4.79 Å². The zero-order valence-electron chi connectivity index (χ0n) is 32.2. The van der Waals surface area contributed by atoms with Crippen LogP contribution in [0.2, 0.25) is 0 Å². The molecule has 0 radical (unpaired) electrons. The van der Waals surface area contributed by atoms with Crippen LogP contribution in [0.15, 0.2) is 58.4 Å². The van der Waals surface area contributed by atoms with E-state index >= 15 is 0 Å². The molecule has 0 aromatic heterocycles. The molecule has 0 saturated carbocycles. The highest BCUT2D eigenvalue weighted by molar-refractivity contribution is 7.89. The van der Waals surface area contributed by atoms with Crippen molar-refractivity contribution in [3.8, 4) is 16.9 Å². The quantitative estimate of drug-likeness (QED) is 0.0809. The average Bonchev–Trinajstić information content (AvgIpc) is 3.76. The molecule has 4 N–H and O–H groups in total. The fourth-order valence-electron chi connectivity index (χ4n) is 7.91. The number of ether oxygens (including phenoxy) is 3. The summed E-state index contributed by atoms with van der Waals surface area (Å²) in [5.41, 5.74) is 7.95. The van der Waals surface area contributed by atoms with Crippen molar-refractivity contribution in [3.05, 3.63) is 81.9 Å². The Morgan fingerprint density at radius 2 is 1.64 bits per heavy atom. The molecular weight excluding hydrogens is 727 g/mol. The molecular formula is C40H49N5O9S. The van der Waals surface area contributed by atoms with Gasteiger partial charge in [0, 0.05) is 24.4 Å². The van der Waals surface area contributed by atoms with Crippen molar-refractivity contribution in [1.82, 2.24) is 20.5 Å². The minimum atomic E-state index is -3.99. The monoisotopic (exact) mass is 775 g/mol. The third-order valence-corrected chi connectivity index (χ3v) is 12.2. The topological polar surface area (TPSA) is 185 Å². The van der Waals surface area contributed by atoms with E-state index in [-0.39, 0.29) is 43.4 Å². The lowest BCUT2D eigenvalue weighted by atomic mass is 9.94. The molecule has 2 atom stereocenters. The number of nitrogens with zero attached hydrogens (tertiary/aromatic N) is 2. The lowest BCUT2D eigenvalue weighted by molar-refractivity contribution is -0.156. The van der Waals surface area contributed by atoms with Gasteiger partial charge in [0.25, 0.3) is 10.0 Å². The van der Waals surface area contributed by atoms with Gasteiger partial charge in [-0.3, -0.25) is 20.1 Å². The number of carboxylic acid groups (broad SMARTS) is 1. The molecule has 14 nitrogen and oxygen atoms in total. The van der Waals surface area contributed by atoms with Crippen LogP contribution < -0.4 is 20.3 Å². The normalized spacial score (nSPS) is 18.7. The van der Waals surface area contributed by atoms with Crippen LogP contribution in [0, 0.1) is 20.8 Å². The molecule has 294 valence electrons. The standard InChI is InChI=1S/C40H49N5O9S/c1-23-24(2)35(25(3)30-19-39(4,5)54-34(23)30)55(50,51)44-42-22-41-18-12-17-32(36(46)45-33(37(47)48)21-53-40(45,6)7)43-38(49)52-20-31-28-15-10-8-13-26(28)27-14-9-11-16-29(27)31/h8-11,13-16,22,31-33,44H,12,17-21H2,1-7H3,(H,41,42)(H,43,49)(H,47,48)/t32-,33-/m0/s1. The van der Waals surface area contributed by atoms with Gasteiger partial charge in [-0.25, -0.2) is 18.0 Å². The number of carboxylic acids is 1. The van der Waals surface area contributed by atoms with Gasteiger partial charge in [0.2, 0.25) is 5.91 Å². The van der Waals surface area contributed by atoms with Crippen molar-refractivity contribution in [2.45, 2.75) is 102 Å². The highest BCUT2D eigenvalue weighted by Crippen LogP contribution is 2.45. The molecule has 3 aromatic rings. The van der Waals surface area contributed by atoms with Crippen molar-refractivity contribution >= 4 is 34.3 Å². The number of fused-ring (bicyclic) bond motifs is 4. The molecule has 55 heavy (non-hydrogen) atoms. The maximum absolute atomic E-state index is 14.0. The number of nitrogens with one attached hydrogen (secondary N) is 3. The largest absolute Gasteiger partial charge is 0.487 e. The van der Waals surface area contributed by atoms with E-state index in [1.807, 2.05) is 69.3 Å². The van der Waals surface area contributed by atoms with E-state index in [0.717, 1.165) is 44.0 Å². The third-order valence-electron chi connectivity index (χ3n) is 10.6. The van der Waals surface area contributed by atoms with Gasteiger partial charge in [0.05, 0.1) is 17.8 Å². The first-order valence-corrected chi connectivity index (χ1v) is 19.8. The minimum absolute atomic E-state index is 0.0263. The molecule has 1 fully saturated rings. The molecule has 3 aliphatic rings. The number of benzene rings is 3. The SMILES string of the molecule is Cc1c(C)c(S(=O)(=O)NNC=NCCC[C@H](NC(=O)OCC2c3ccccc3-c3ccccc32)C(=O)N2[C@H](C(=O)O)COC2(C)C)c(C)c2c1OC(C)(C)C2. The maximum atomic E-state index is 14.0. The fraction of sp³-hybridized carbons (Fsp3) is 0.450. The van der Waals surface area contributed by atoms with Crippen LogP contribution in [-0.4, -0.2) is 85.9 Å². The van der Waals surface area contributed by atoms with Crippen molar-refractivity contribution in [3.63, 3.8) is 0 Å². The molecule has 6 rings (SSSR count). The molecule has 15 heteroatoms. The number of aliphatic carboxylic acids is 1. The number of carbonyl (C=O) groups excluding carboxylic acids is 2. The zero-order chi connectivity index (χ0) is 39.9. The molecule has 0 bridgehead atoms. The Morgan fingerprint density at radius 3 is 2.27 bits per heavy atom. The summed E-state index contributed by atoms with van der Waals surface area (Å²) < 4.78 is 44.3. The van der Waals surface area contributed by atoms with E-state index in [0.29, 0.717) is 17.5 Å². The van der Waals surface area contributed by atoms with Gasteiger partial charge in [0.15, 0.2) is 6.04 Å². The number of hydrogen-bond acceptors (Lipinski definition) is 9. The summed E-state index contributed by atoms with van der Waals surface area (Å²) in [6.45, 7) is 12.5. The van der Waals surface area contributed by atoms with Gasteiger partial charge in [-0.05, 0) is 100 Å². The molecule has 0 spiro atoms. The van der Waals surface area contributed by atoms with Gasteiger partial charge in [-0.1, -0.05) is 48.5 Å². The van der Waals surface area contributed by atoms with E-state index in [1.165, 1.54) is 6.34 Å². The van der Waals surface area contributed by atoms with Crippen LogP contribution in [0.25, 0.3) is 11.1 Å². The smallest absolute Gasteiger partial charge is 0.407 e. The summed E-state index contributed by atoms with van der Waals surface area (Å²) >= 11 is 0. The summed E-state index contributed by atoms with van der Waals surface area (Å²) in [7, 11) is -3.99. The van der Waals surface area contributed by atoms with Crippen LogP contribution in [0.1, 0.15) is 79.8 Å². The first kappa shape index (κ1) is 39.7. The molecule has 1 aliphatic carbocycles. The summed E-state index contributed by atoms with van der Waals surface area (Å²) in [5, 5.41) is 12.5. The van der Waals surface area contributed by atoms with Crippen molar-refractivity contribution < 1.29 is 42.1 Å². The van der Waals surface area contributed by atoms with E-state index in [2.05, 4.69) is 20.6 Å². The molecule has 2 aliphatic heterocycles. The Kier molecular flexibility index (Phi) is 11.0. The zero-order valence-corrected chi connectivity index (χ0v) is 33.0. The number of hydrogen-bond donors (Lipinski definition) is 4.